The first-order chi connectivity index (χ1) is 6.74. The fraction of sp³-hybridized carbons (Fsp3) is 0.500. The molecule has 0 saturated heterocycles. The maximum atomic E-state index is 5.65. The molecule has 2 heteroatoms. The lowest BCUT2D eigenvalue weighted by atomic mass is 9.93. The summed E-state index contributed by atoms with van der Waals surface area (Å²) in [5.74, 6) is 1.05. The first kappa shape index (κ1) is 9.53. The summed E-state index contributed by atoms with van der Waals surface area (Å²) < 4.78 is 5.65. The molecule has 0 spiro atoms. The van der Waals surface area contributed by atoms with Gasteiger partial charge >= 0.3 is 0 Å². The van der Waals surface area contributed by atoms with Crippen molar-refractivity contribution in [2.75, 3.05) is 13.7 Å². The van der Waals surface area contributed by atoms with Crippen molar-refractivity contribution in [3.8, 4) is 5.75 Å². The van der Waals surface area contributed by atoms with Crippen LogP contribution in [0.15, 0.2) is 12.1 Å². The Kier molecular flexibility index (Phi) is 2.46. The third-order valence-electron chi connectivity index (χ3n) is 3.11. The van der Waals surface area contributed by atoms with Gasteiger partial charge in [0.05, 0.1) is 6.61 Å². The van der Waals surface area contributed by atoms with Crippen molar-refractivity contribution in [2.45, 2.75) is 26.3 Å². The lowest BCUT2D eigenvalue weighted by molar-refractivity contribution is 0.256. The molecule has 0 saturated carbocycles. The molecule has 1 aromatic carbocycles. The summed E-state index contributed by atoms with van der Waals surface area (Å²) >= 11 is 0. The Labute approximate surface area is 85.3 Å². The standard InChI is InChI=1S/C12H17NO/c1-8-4-5-11-12(9(8)2)10(13-3)6-7-14-11/h4-5,10,13H,6-7H2,1-3H3. The van der Waals surface area contributed by atoms with E-state index < -0.39 is 0 Å². The molecule has 1 aliphatic rings. The Morgan fingerprint density at radius 1 is 1.36 bits per heavy atom. The van der Waals surface area contributed by atoms with Crippen molar-refractivity contribution < 1.29 is 4.74 Å². The van der Waals surface area contributed by atoms with Gasteiger partial charge in [0.2, 0.25) is 0 Å². The second-order valence-electron chi connectivity index (χ2n) is 3.90. The molecule has 1 atom stereocenters. The molecule has 1 N–H and O–H groups in total. The van der Waals surface area contributed by atoms with Crippen molar-refractivity contribution in [2.24, 2.45) is 0 Å². The molecule has 0 fully saturated rings. The van der Waals surface area contributed by atoms with Gasteiger partial charge in [0.25, 0.3) is 0 Å². The predicted molar refractivity (Wildman–Crippen MR) is 57.8 cm³/mol. The minimum Gasteiger partial charge on any atom is -0.493 e. The molecule has 2 rings (SSSR count). The second-order valence-corrected chi connectivity index (χ2v) is 3.90. The molecule has 76 valence electrons. The number of hydrogen-bond donors (Lipinski definition) is 1. The van der Waals surface area contributed by atoms with E-state index >= 15 is 0 Å². The molecule has 0 bridgehead atoms. The Morgan fingerprint density at radius 3 is 2.86 bits per heavy atom. The normalized spacial score (nSPS) is 20.1. The van der Waals surface area contributed by atoms with Crippen LogP contribution in [0.5, 0.6) is 5.75 Å². The van der Waals surface area contributed by atoms with Crippen LogP contribution >= 0.6 is 0 Å². The zero-order valence-electron chi connectivity index (χ0n) is 9.05. The molecule has 1 unspecified atom stereocenters. The van der Waals surface area contributed by atoms with E-state index in [9.17, 15) is 0 Å². The lowest BCUT2D eigenvalue weighted by Gasteiger charge is -2.28. The monoisotopic (exact) mass is 191 g/mol. The third-order valence-corrected chi connectivity index (χ3v) is 3.11. The van der Waals surface area contributed by atoms with Crippen LogP contribution in [0, 0.1) is 13.8 Å². The van der Waals surface area contributed by atoms with E-state index in [1.807, 2.05) is 7.05 Å². The lowest BCUT2D eigenvalue weighted by Crippen LogP contribution is -2.25. The van der Waals surface area contributed by atoms with Gasteiger partial charge in [0.1, 0.15) is 5.75 Å². The van der Waals surface area contributed by atoms with Crippen LogP contribution in [0.4, 0.5) is 0 Å². The fourth-order valence-electron chi connectivity index (χ4n) is 2.09. The smallest absolute Gasteiger partial charge is 0.124 e. The van der Waals surface area contributed by atoms with Crippen molar-refractivity contribution in [1.29, 1.82) is 0 Å². The van der Waals surface area contributed by atoms with Crippen molar-refractivity contribution in [3.63, 3.8) is 0 Å². The van der Waals surface area contributed by atoms with Crippen LogP contribution in [0.3, 0.4) is 0 Å². The Hall–Kier alpha value is -1.02. The topological polar surface area (TPSA) is 21.3 Å². The van der Waals surface area contributed by atoms with E-state index in [-0.39, 0.29) is 0 Å². The van der Waals surface area contributed by atoms with Crippen LogP contribution < -0.4 is 10.1 Å². The van der Waals surface area contributed by atoms with Crippen LogP contribution in [0.1, 0.15) is 29.2 Å². The van der Waals surface area contributed by atoms with Crippen molar-refractivity contribution in [1.82, 2.24) is 5.32 Å². The number of nitrogens with one attached hydrogen (secondary N) is 1. The van der Waals surface area contributed by atoms with Gasteiger partial charge in [0.15, 0.2) is 0 Å². The molecular weight excluding hydrogens is 174 g/mol. The van der Waals surface area contributed by atoms with E-state index in [0.717, 1.165) is 18.8 Å². The molecule has 0 radical (unpaired) electrons. The van der Waals surface area contributed by atoms with Crippen molar-refractivity contribution >= 4 is 0 Å². The van der Waals surface area contributed by atoms with Crippen LogP contribution in [-0.4, -0.2) is 13.7 Å². The molecule has 1 aromatic rings. The van der Waals surface area contributed by atoms with Crippen LogP contribution in [0.25, 0.3) is 0 Å². The second kappa shape index (κ2) is 3.62. The van der Waals surface area contributed by atoms with Gasteiger partial charge in [-0.25, -0.2) is 0 Å². The summed E-state index contributed by atoms with van der Waals surface area (Å²) in [6, 6.07) is 4.67. The molecular formula is C12H17NO. The summed E-state index contributed by atoms with van der Waals surface area (Å²) in [5, 5.41) is 3.35. The maximum Gasteiger partial charge on any atom is 0.124 e. The Morgan fingerprint density at radius 2 is 2.14 bits per heavy atom. The van der Waals surface area contributed by atoms with Crippen LogP contribution in [-0.2, 0) is 0 Å². The largest absolute Gasteiger partial charge is 0.493 e. The van der Waals surface area contributed by atoms with E-state index in [4.69, 9.17) is 4.74 Å². The Balaban J connectivity index is 2.53. The van der Waals surface area contributed by atoms with Gasteiger partial charge in [-0.05, 0) is 38.1 Å². The van der Waals surface area contributed by atoms with E-state index in [2.05, 4.69) is 31.3 Å². The quantitative estimate of drug-likeness (QED) is 0.735. The van der Waals surface area contributed by atoms with Gasteiger partial charge in [0, 0.05) is 18.0 Å². The summed E-state index contributed by atoms with van der Waals surface area (Å²) in [5.41, 5.74) is 4.05. The third kappa shape index (κ3) is 1.40. The summed E-state index contributed by atoms with van der Waals surface area (Å²) in [6.07, 6.45) is 1.06. The number of benzene rings is 1. The minimum atomic E-state index is 0.457. The highest BCUT2D eigenvalue weighted by molar-refractivity contribution is 5.46. The van der Waals surface area contributed by atoms with Gasteiger partial charge in [-0.1, -0.05) is 6.07 Å². The highest BCUT2D eigenvalue weighted by Crippen LogP contribution is 2.35. The van der Waals surface area contributed by atoms with Gasteiger partial charge in [-0.3, -0.25) is 0 Å². The zero-order chi connectivity index (χ0) is 10.1. The molecule has 0 amide bonds. The molecule has 0 aromatic heterocycles. The van der Waals surface area contributed by atoms with Crippen molar-refractivity contribution in [3.05, 3.63) is 28.8 Å². The number of fused-ring (bicyclic) bond motifs is 1. The minimum absolute atomic E-state index is 0.457. The van der Waals surface area contributed by atoms with E-state index in [1.54, 1.807) is 0 Å². The molecule has 1 aliphatic heterocycles. The average Bonchev–Trinajstić information content (AvgIpc) is 2.23. The predicted octanol–water partition coefficient (Wildman–Crippen LogP) is 2.35. The number of aryl methyl sites for hydroxylation is 1. The van der Waals surface area contributed by atoms with E-state index in [0.29, 0.717) is 6.04 Å². The zero-order valence-corrected chi connectivity index (χ0v) is 9.05. The molecule has 0 aliphatic carbocycles. The van der Waals surface area contributed by atoms with Gasteiger partial charge in [-0.15, -0.1) is 0 Å². The summed E-state index contributed by atoms with van der Waals surface area (Å²) in [6.45, 7) is 5.14. The Bertz CT molecular complexity index is 346. The number of ether oxygens (including phenoxy) is 1. The van der Waals surface area contributed by atoms with E-state index in [1.165, 1.54) is 16.7 Å². The first-order valence-electron chi connectivity index (χ1n) is 5.14. The number of rotatable bonds is 1. The highest BCUT2D eigenvalue weighted by Gasteiger charge is 2.22. The molecule has 1 heterocycles. The average molecular weight is 191 g/mol. The fourth-order valence-corrected chi connectivity index (χ4v) is 2.09. The highest BCUT2D eigenvalue weighted by atomic mass is 16.5. The maximum absolute atomic E-state index is 5.65. The molecule has 2 nitrogen and oxygen atoms in total. The molecule has 14 heavy (non-hydrogen) atoms. The summed E-state index contributed by atoms with van der Waals surface area (Å²) in [4.78, 5) is 0. The SMILES string of the molecule is CNC1CCOc2ccc(C)c(C)c21. The summed E-state index contributed by atoms with van der Waals surface area (Å²) in [7, 11) is 2.02. The van der Waals surface area contributed by atoms with Gasteiger partial charge < -0.3 is 10.1 Å². The van der Waals surface area contributed by atoms with Gasteiger partial charge in [-0.2, -0.15) is 0 Å². The van der Waals surface area contributed by atoms with Crippen LogP contribution in [0.2, 0.25) is 0 Å². The number of hydrogen-bond acceptors (Lipinski definition) is 2. The first-order valence-corrected chi connectivity index (χ1v) is 5.14.